The van der Waals surface area contributed by atoms with Gasteiger partial charge in [-0.3, -0.25) is 0 Å². The van der Waals surface area contributed by atoms with Gasteiger partial charge in [-0.25, -0.2) is 0 Å². The zero-order chi connectivity index (χ0) is 7.78. The summed E-state index contributed by atoms with van der Waals surface area (Å²) in [5.41, 5.74) is 0. The van der Waals surface area contributed by atoms with E-state index >= 15 is 0 Å². The second kappa shape index (κ2) is 2.44. The smallest absolute Gasteiger partial charge is 0.274 e. The van der Waals surface area contributed by atoms with Crippen molar-refractivity contribution in [3.05, 3.63) is 0 Å². The maximum atomic E-state index is 8.91. The predicted molar refractivity (Wildman–Crippen MR) is 30.9 cm³/mol. The van der Waals surface area contributed by atoms with Crippen molar-refractivity contribution in [1.82, 2.24) is 5.06 Å². The molecule has 1 aliphatic rings. The largest absolute Gasteiger partial charge is 0.386 e. The standard InChI is InChI=1S/C5H11NO4/c7-4-2-1-3-6(10)5(4,8)9/h4,7-10H,1-3H2. The van der Waals surface area contributed by atoms with Crippen molar-refractivity contribution < 1.29 is 20.5 Å². The lowest BCUT2D eigenvalue weighted by atomic mass is 10.1. The third-order valence-electron chi connectivity index (χ3n) is 1.67. The Morgan fingerprint density at radius 3 is 2.40 bits per heavy atom. The molecule has 1 unspecified atom stereocenters. The highest BCUT2D eigenvalue weighted by Crippen LogP contribution is 2.21. The molecular weight excluding hydrogens is 138 g/mol. The van der Waals surface area contributed by atoms with E-state index in [0.29, 0.717) is 17.9 Å². The van der Waals surface area contributed by atoms with Crippen LogP contribution in [0.1, 0.15) is 12.8 Å². The Hall–Kier alpha value is -0.200. The molecule has 10 heavy (non-hydrogen) atoms. The van der Waals surface area contributed by atoms with Crippen LogP contribution in [0.2, 0.25) is 0 Å². The molecule has 0 aromatic carbocycles. The molecule has 0 aliphatic carbocycles. The number of piperidine rings is 1. The minimum absolute atomic E-state index is 0.171. The number of hydrogen-bond donors (Lipinski definition) is 4. The lowest BCUT2D eigenvalue weighted by molar-refractivity contribution is -0.403. The fourth-order valence-electron chi connectivity index (χ4n) is 0.965. The Balaban J connectivity index is 2.63. The van der Waals surface area contributed by atoms with Crippen LogP contribution >= 0.6 is 0 Å². The Morgan fingerprint density at radius 1 is 1.40 bits per heavy atom. The van der Waals surface area contributed by atoms with E-state index in [9.17, 15) is 0 Å². The molecule has 1 aliphatic heterocycles. The van der Waals surface area contributed by atoms with Crippen LogP contribution in [0.25, 0.3) is 0 Å². The molecule has 0 aromatic rings. The highest BCUT2D eigenvalue weighted by atomic mass is 16.6. The highest BCUT2D eigenvalue weighted by Gasteiger charge is 2.42. The zero-order valence-electron chi connectivity index (χ0n) is 5.43. The molecule has 0 aromatic heterocycles. The molecule has 0 spiro atoms. The van der Waals surface area contributed by atoms with E-state index in [-0.39, 0.29) is 6.54 Å². The van der Waals surface area contributed by atoms with E-state index in [4.69, 9.17) is 20.5 Å². The van der Waals surface area contributed by atoms with Gasteiger partial charge in [-0.05, 0) is 12.8 Å². The Kier molecular flexibility index (Phi) is 1.93. The minimum Gasteiger partial charge on any atom is -0.386 e. The summed E-state index contributed by atoms with van der Waals surface area (Å²) in [5.74, 6) is -2.46. The van der Waals surface area contributed by atoms with Gasteiger partial charge < -0.3 is 20.5 Å². The fourth-order valence-corrected chi connectivity index (χ4v) is 0.965. The zero-order valence-corrected chi connectivity index (χ0v) is 5.43. The lowest BCUT2D eigenvalue weighted by Gasteiger charge is -2.37. The predicted octanol–water partition coefficient (Wildman–Crippen LogP) is -1.53. The molecule has 1 saturated heterocycles. The first-order valence-corrected chi connectivity index (χ1v) is 3.14. The normalized spacial score (nSPS) is 34.2. The van der Waals surface area contributed by atoms with Gasteiger partial charge in [0.15, 0.2) is 0 Å². The van der Waals surface area contributed by atoms with Crippen molar-refractivity contribution in [1.29, 1.82) is 0 Å². The maximum absolute atomic E-state index is 8.91. The highest BCUT2D eigenvalue weighted by molar-refractivity contribution is 4.76. The summed E-state index contributed by atoms with van der Waals surface area (Å²) in [6, 6.07) is 0. The lowest BCUT2D eigenvalue weighted by Crippen LogP contribution is -2.58. The number of rotatable bonds is 0. The Bertz CT molecular complexity index is 115. The quantitative estimate of drug-likeness (QED) is 0.314. The second-order valence-corrected chi connectivity index (χ2v) is 2.47. The van der Waals surface area contributed by atoms with Crippen LogP contribution in [0.4, 0.5) is 0 Å². The van der Waals surface area contributed by atoms with Crippen molar-refractivity contribution in [3.63, 3.8) is 0 Å². The summed E-state index contributed by atoms with van der Waals surface area (Å²) in [6.07, 6.45) is -0.434. The van der Waals surface area contributed by atoms with E-state index in [0.717, 1.165) is 0 Å². The third-order valence-corrected chi connectivity index (χ3v) is 1.67. The van der Waals surface area contributed by atoms with Gasteiger partial charge in [-0.1, -0.05) is 0 Å². The summed E-state index contributed by atoms with van der Waals surface area (Å²) in [4.78, 5) is 0. The molecule has 0 saturated carbocycles. The molecule has 5 nitrogen and oxygen atoms in total. The number of hydroxylamine groups is 2. The number of hydrogen-bond acceptors (Lipinski definition) is 5. The summed E-state index contributed by atoms with van der Waals surface area (Å²) in [7, 11) is 0. The average molecular weight is 149 g/mol. The van der Waals surface area contributed by atoms with Crippen molar-refractivity contribution >= 4 is 0 Å². The second-order valence-electron chi connectivity index (χ2n) is 2.47. The summed E-state index contributed by atoms with van der Waals surface area (Å²) < 4.78 is 0. The number of nitrogens with zero attached hydrogens (tertiary/aromatic N) is 1. The average Bonchev–Trinajstić information content (AvgIpc) is 1.84. The number of aliphatic hydroxyl groups is 3. The topological polar surface area (TPSA) is 84.2 Å². The van der Waals surface area contributed by atoms with Gasteiger partial charge in [-0.15, -0.1) is 5.06 Å². The molecule has 0 bridgehead atoms. The molecule has 1 atom stereocenters. The van der Waals surface area contributed by atoms with E-state index in [1.807, 2.05) is 0 Å². The van der Waals surface area contributed by atoms with Crippen LogP contribution in [0.3, 0.4) is 0 Å². The van der Waals surface area contributed by atoms with Gasteiger partial charge in [0, 0.05) is 6.54 Å². The Labute approximate surface area is 58.1 Å². The SMILES string of the molecule is OC1CCCN(O)C1(O)O. The summed E-state index contributed by atoms with van der Waals surface area (Å²) in [6.45, 7) is 0.171. The summed E-state index contributed by atoms with van der Waals surface area (Å²) >= 11 is 0. The van der Waals surface area contributed by atoms with E-state index < -0.39 is 12.0 Å². The molecule has 1 heterocycles. The molecule has 1 rings (SSSR count). The van der Waals surface area contributed by atoms with Gasteiger partial charge in [0.2, 0.25) is 0 Å². The molecule has 0 amide bonds. The van der Waals surface area contributed by atoms with Crippen LogP contribution in [0.5, 0.6) is 0 Å². The van der Waals surface area contributed by atoms with Gasteiger partial charge in [0.25, 0.3) is 5.91 Å². The molecule has 0 radical (unpaired) electrons. The first kappa shape index (κ1) is 7.90. The van der Waals surface area contributed by atoms with Gasteiger partial charge in [-0.2, -0.15) is 0 Å². The number of aliphatic hydroxyl groups excluding tert-OH is 1. The van der Waals surface area contributed by atoms with E-state index in [1.54, 1.807) is 0 Å². The van der Waals surface area contributed by atoms with Crippen molar-refractivity contribution in [2.75, 3.05) is 6.54 Å². The van der Waals surface area contributed by atoms with Gasteiger partial charge >= 0.3 is 0 Å². The van der Waals surface area contributed by atoms with Crippen LogP contribution in [-0.4, -0.2) is 44.1 Å². The van der Waals surface area contributed by atoms with Crippen LogP contribution in [0.15, 0.2) is 0 Å². The molecule has 5 heteroatoms. The van der Waals surface area contributed by atoms with Crippen LogP contribution in [-0.2, 0) is 0 Å². The fraction of sp³-hybridized carbons (Fsp3) is 1.00. The molecule has 60 valence electrons. The third kappa shape index (κ3) is 1.14. The van der Waals surface area contributed by atoms with Crippen molar-refractivity contribution in [2.24, 2.45) is 0 Å². The summed E-state index contributed by atoms with van der Waals surface area (Å²) in [5, 5.41) is 35.8. The monoisotopic (exact) mass is 149 g/mol. The Morgan fingerprint density at radius 2 is 2.00 bits per heavy atom. The van der Waals surface area contributed by atoms with E-state index in [1.165, 1.54) is 0 Å². The van der Waals surface area contributed by atoms with Crippen molar-refractivity contribution in [3.8, 4) is 0 Å². The minimum atomic E-state index is -2.46. The first-order chi connectivity index (χ1) is 4.55. The van der Waals surface area contributed by atoms with E-state index in [2.05, 4.69) is 0 Å². The molecule has 1 fully saturated rings. The maximum Gasteiger partial charge on any atom is 0.274 e. The van der Waals surface area contributed by atoms with Gasteiger partial charge in [0.05, 0.1) is 0 Å². The van der Waals surface area contributed by atoms with Crippen LogP contribution in [0, 0.1) is 0 Å². The van der Waals surface area contributed by atoms with Gasteiger partial charge in [0.1, 0.15) is 6.10 Å². The molecular formula is C5H11NO4. The van der Waals surface area contributed by atoms with Crippen molar-refractivity contribution in [2.45, 2.75) is 24.9 Å². The van der Waals surface area contributed by atoms with Crippen LogP contribution < -0.4 is 0 Å². The molecule has 4 N–H and O–H groups in total. The first-order valence-electron chi connectivity index (χ1n) is 3.14.